The van der Waals surface area contributed by atoms with E-state index in [1.807, 2.05) is 13.8 Å². The minimum atomic E-state index is -3.58. The molecule has 146 valence electrons. The summed E-state index contributed by atoms with van der Waals surface area (Å²) in [5, 5.41) is 2.88. The van der Waals surface area contributed by atoms with Gasteiger partial charge in [0.1, 0.15) is 0 Å². The predicted octanol–water partition coefficient (Wildman–Crippen LogP) is 2.79. The fraction of sp³-hybridized carbons (Fsp3) is 0.632. The van der Waals surface area contributed by atoms with Gasteiger partial charge in [0, 0.05) is 25.2 Å². The first kappa shape index (κ1) is 20.9. The molecular formula is C19H30N2O4S. The van der Waals surface area contributed by atoms with E-state index >= 15 is 0 Å². The van der Waals surface area contributed by atoms with E-state index in [1.165, 1.54) is 22.9 Å². The van der Waals surface area contributed by atoms with Crippen LogP contribution in [0.1, 0.15) is 56.8 Å². The Bertz CT molecular complexity index is 678. The highest BCUT2D eigenvalue weighted by Crippen LogP contribution is 2.21. The number of sulfonamides is 1. The maximum atomic E-state index is 12.8. The summed E-state index contributed by atoms with van der Waals surface area (Å²) in [5.41, 5.74) is 0.475. The molecule has 0 aromatic heterocycles. The van der Waals surface area contributed by atoms with Crippen LogP contribution in [0.2, 0.25) is 0 Å². The van der Waals surface area contributed by atoms with Gasteiger partial charge >= 0.3 is 0 Å². The molecule has 2 atom stereocenters. The number of morpholine rings is 1. The molecule has 0 bridgehead atoms. The summed E-state index contributed by atoms with van der Waals surface area (Å²) in [4.78, 5) is 12.3. The molecule has 1 fully saturated rings. The number of hydrogen-bond acceptors (Lipinski definition) is 4. The maximum absolute atomic E-state index is 12.8. The lowest BCUT2D eigenvalue weighted by Gasteiger charge is -2.34. The molecule has 0 aliphatic carbocycles. The van der Waals surface area contributed by atoms with E-state index in [1.54, 1.807) is 12.1 Å². The van der Waals surface area contributed by atoms with Crippen LogP contribution in [-0.2, 0) is 14.8 Å². The summed E-state index contributed by atoms with van der Waals surface area (Å²) in [7, 11) is -3.58. The third kappa shape index (κ3) is 5.53. The smallest absolute Gasteiger partial charge is 0.251 e. The van der Waals surface area contributed by atoms with Crippen LogP contribution in [0.5, 0.6) is 0 Å². The molecule has 0 spiro atoms. The van der Waals surface area contributed by atoms with Gasteiger partial charge in [-0.15, -0.1) is 0 Å². The lowest BCUT2D eigenvalue weighted by molar-refractivity contribution is -0.0440. The largest absolute Gasteiger partial charge is 0.373 e. The number of carbonyl (C=O) groups excluding carboxylic acids is 1. The van der Waals surface area contributed by atoms with Crippen molar-refractivity contribution >= 4 is 15.9 Å². The molecule has 6 nitrogen and oxygen atoms in total. The lowest BCUT2D eigenvalue weighted by atomic mass is 10.2. The minimum absolute atomic E-state index is 0.133. The SMILES string of the molecule is CCCCCCNC(=O)c1ccc(S(=O)(=O)N2C[C@H](C)O[C@@H](C)C2)cc1. The Morgan fingerprint density at radius 2 is 1.73 bits per heavy atom. The van der Waals surface area contributed by atoms with E-state index in [9.17, 15) is 13.2 Å². The van der Waals surface area contributed by atoms with Gasteiger partial charge in [0.05, 0.1) is 17.1 Å². The van der Waals surface area contributed by atoms with Crippen molar-refractivity contribution in [2.45, 2.75) is 63.6 Å². The van der Waals surface area contributed by atoms with Crippen LogP contribution in [0.3, 0.4) is 0 Å². The zero-order chi connectivity index (χ0) is 19.2. The van der Waals surface area contributed by atoms with Gasteiger partial charge in [-0.1, -0.05) is 26.2 Å². The number of benzene rings is 1. The first-order valence-electron chi connectivity index (χ1n) is 9.38. The molecule has 1 saturated heterocycles. The molecule has 1 aliphatic heterocycles. The van der Waals surface area contributed by atoms with Crippen LogP contribution < -0.4 is 5.32 Å². The predicted molar refractivity (Wildman–Crippen MR) is 102 cm³/mol. The second-order valence-corrected chi connectivity index (χ2v) is 8.86. The summed E-state index contributed by atoms with van der Waals surface area (Å²) in [6.07, 6.45) is 4.12. The van der Waals surface area contributed by atoms with Crippen LogP contribution in [0.4, 0.5) is 0 Å². The fourth-order valence-electron chi connectivity index (χ4n) is 3.11. The van der Waals surface area contributed by atoms with Crippen LogP contribution in [-0.4, -0.2) is 50.5 Å². The highest BCUT2D eigenvalue weighted by atomic mass is 32.2. The van der Waals surface area contributed by atoms with Crippen LogP contribution in [0.25, 0.3) is 0 Å². The zero-order valence-corrected chi connectivity index (χ0v) is 16.7. The van der Waals surface area contributed by atoms with Crippen molar-refractivity contribution in [3.05, 3.63) is 29.8 Å². The average Bonchev–Trinajstić information content (AvgIpc) is 2.60. The quantitative estimate of drug-likeness (QED) is 0.702. The van der Waals surface area contributed by atoms with E-state index in [0.29, 0.717) is 25.2 Å². The summed E-state index contributed by atoms with van der Waals surface area (Å²) >= 11 is 0. The van der Waals surface area contributed by atoms with Gasteiger partial charge < -0.3 is 10.1 Å². The Kier molecular flexibility index (Phi) is 7.61. The Morgan fingerprint density at radius 3 is 2.31 bits per heavy atom. The molecule has 0 saturated carbocycles. The zero-order valence-electron chi connectivity index (χ0n) is 15.9. The second-order valence-electron chi connectivity index (χ2n) is 6.92. The topological polar surface area (TPSA) is 75.7 Å². The molecule has 1 aromatic rings. The normalized spacial score (nSPS) is 21.5. The third-order valence-corrected chi connectivity index (χ3v) is 6.30. The van der Waals surface area contributed by atoms with Gasteiger partial charge in [0.15, 0.2) is 0 Å². The molecule has 7 heteroatoms. The monoisotopic (exact) mass is 382 g/mol. The van der Waals surface area contributed by atoms with E-state index in [4.69, 9.17) is 4.74 Å². The van der Waals surface area contributed by atoms with Gasteiger partial charge in [-0.25, -0.2) is 8.42 Å². The Hall–Kier alpha value is -1.44. The first-order valence-corrected chi connectivity index (χ1v) is 10.8. The number of nitrogens with zero attached hydrogens (tertiary/aromatic N) is 1. The Morgan fingerprint density at radius 1 is 1.12 bits per heavy atom. The summed E-state index contributed by atoms with van der Waals surface area (Å²) in [5.74, 6) is -0.168. The number of rotatable bonds is 8. The lowest BCUT2D eigenvalue weighted by Crippen LogP contribution is -2.48. The summed E-state index contributed by atoms with van der Waals surface area (Å²) in [6.45, 7) is 7.20. The Balaban J connectivity index is 1.98. The molecule has 1 heterocycles. The number of carbonyl (C=O) groups is 1. The number of unbranched alkanes of at least 4 members (excludes halogenated alkanes) is 3. The molecular weight excluding hydrogens is 352 g/mol. The molecule has 0 unspecified atom stereocenters. The minimum Gasteiger partial charge on any atom is -0.373 e. The number of ether oxygens (including phenoxy) is 1. The summed E-state index contributed by atoms with van der Waals surface area (Å²) in [6, 6.07) is 6.15. The van der Waals surface area contributed by atoms with Crippen molar-refractivity contribution in [1.82, 2.24) is 9.62 Å². The van der Waals surface area contributed by atoms with Gasteiger partial charge in [-0.05, 0) is 44.5 Å². The third-order valence-electron chi connectivity index (χ3n) is 4.46. The Labute approximate surface area is 157 Å². The highest BCUT2D eigenvalue weighted by Gasteiger charge is 2.32. The van der Waals surface area contributed by atoms with Crippen molar-refractivity contribution in [2.24, 2.45) is 0 Å². The second kappa shape index (κ2) is 9.48. The molecule has 26 heavy (non-hydrogen) atoms. The van der Waals surface area contributed by atoms with Gasteiger partial charge in [-0.2, -0.15) is 4.31 Å². The number of hydrogen-bond donors (Lipinski definition) is 1. The van der Waals surface area contributed by atoms with Crippen molar-refractivity contribution in [3.63, 3.8) is 0 Å². The van der Waals surface area contributed by atoms with Crippen molar-refractivity contribution in [3.8, 4) is 0 Å². The standard InChI is InChI=1S/C19H30N2O4S/c1-4-5-6-7-12-20-19(22)17-8-10-18(11-9-17)26(23,24)21-13-15(2)25-16(3)14-21/h8-11,15-16H,4-7,12-14H2,1-3H3,(H,20,22)/t15-,16-/m0/s1. The number of nitrogens with one attached hydrogen (secondary N) is 1. The fourth-order valence-corrected chi connectivity index (χ4v) is 4.70. The van der Waals surface area contributed by atoms with Gasteiger partial charge in [0.25, 0.3) is 5.91 Å². The molecule has 2 rings (SSSR count). The average molecular weight is 383 g/mol. The van der Waals surface area contributed by atoms with Crippen molar-refractivity contribution < 1.29 is 17.9 Å². The van der Waals surface area contributed by atoms with E-state index in [2.05, 4.69) is 12.2 Å². The van der Waals surface area contributed by atoms with Crippen LogP contribution in [0.15, 0.2) is 29.2 Å². The van der Waals surface area contributed by atoms with E-state index < -0.39 is 10.0 Å². The molecule has 1 aliphatic rings. The number of amides is 1. The van der Waals surface area contributed by atoms with Gasteiger partial charge in [0.2, 0.25) is 10.0 Å². The van der Waals surface area contributed by atoms with Crippen molar-refractivity contribution in [1.29, 1.82) is 0 Å². The highest BCUT2D eigenvalue weighted by molar-refractivity contribution is 7.89. The van der Waals surface area contributed by atoms with Gasteiger partial charge in [-0.3, -0.25) is 4.79 Å². The molecule has 1 amide bonds. The molecule has 1 N–H and O–H groups in total. The van der Waals surface area contributed by atoms with E-state index in [-0.39, 0.29) is 23.0 Å². The van der Waals surface area contributed by atoms with Crippen molar-refractivity contribution in [2.75, 3.05) is 19.6 Å². The maximum Gasteiger partial charge on any atom is 0.251 e. The van der Waals surface area contributed by atoms with Crippen LogP contribution in [0, 0.1) is 0 Å². The van der Waals surface area contributed by atoms with Crippen LogP contribution >= 0.6 is 0 Å². The molecule has 0 radical (unpaired) electrons. The first-order chi connectivity index (χ1) is 12.3. The van der Waals surface area contributed by atoms with E-state index in [0.717, 1.165) is 19.3 Å². The molecule has 1 aromatic carbocycles. The summed E-state index contributed by atoms with van der Waals surface area (Å²) < 4.78 is 32.7.